The van der Waals surface area contributed by atoms with E-state index in [1.807, 2.05) is 0 Å². The molecule has 1 aliphatic carbocycles. The maximum Gasteiger partial charge on any atom is 0.0851 e. The normalized spacial score (nSPS) is 42.9. The first-order valence-electron chi connectivity index (χ1n) is 7.29. The van der Waals surface area contributed by atoms with Gasteiger partial charge in [-0.05, 0) is 44.6 Å². The van der Waals surface area contributed by atoms with Crippen LogP contribution < -0.4 is 11.1 Å². The number of nitrogens with two attached hydrogens (primary N) is 1. The molecule has 3 heteroatoms. The first-order chi connectivity index (χ1) is 8.16. The molecule has 3 nitrogen and oxygen atoms in total. The van der Waals surface area contributed by atoms with Gasteiger partial charge >= 0.3 is 0 Å². The molecule has 4 N–H and O–H groups in total. The summed E-state index contributed by atoms with van der Waals surface area (Å²) in [6.07, 6.45) is 8.26. The zero-order chi connectivity index (χ0) is 12.4. The summed E-state index contributed by atoms with van der Waals surface area (Å²) in [5, 5.41) is 14.1. The van der Waals surface area contributed by atoms with Gasteiger partial charge in [-0.1, -0.05) is 19.8 Å². The molecule has 0 aromatic rings. The average Bonchev–Trinajstić information content (AvgIpc) is 2.79. The van der Waals surface area contributed by atoms with E-state index in [1.165, 1.54) is 25.7 Å². The van der Waals surface area contributed by atoms with Crippen molar-refractivity contribution in [3.63, 3.8) is 0 Å². The van der Waals surface area contributed by atoms with Crippen LogP contribution in [0.2, 0.25) is 0 Å². The lowest BCUT2D eigenvalue weighted by atomic mass is 9.60. The monoisotopic (exact) mass is 240 g/mol. The van der Waals surface area contributed by atoms with Crippen molar-refractivity contribution in [2.24, 2.45) is 17.1 Å². The Kier molecular flexibility index (Phi) is 4.11. The Hall–Kier alpha value is -0.120. The van der Waals surface area contributed by atoms with Crippen molar-refractivity contribution >= 4 is 0 Å². The van der Waals surface area contributed by atoms with Crippen molar-refractivity contribution in [1.29, 1.82) is 0 Å². The quantitative estimate of drug-likeness (QED) is 0.700. The Bertz CT molecular complexity index is 241. The lowest BCUT2D eigenvalue weighted by Crippen LogP contribution is -2.55. The van der Waals surface area contributed by atoms with Crippen molar-refractivity contribution in [1.82, 2.24) is 5.32 Å². The minimum atomic E-state index is -0.543. The molecule has 2 rings (SSSR count). The number of rotatable bonds is 4. The fourth-order valence-electron chi connectivity index (χ4n) is 3.92. The first kappa shape index (κ1) is 13.3. The number of nitrogens with one attached hydrogen (secondary N) is 1. The molecule has 0 amide bonds. The Morgan fingerprint density at radius 2 is 2.00 bits per heavy atom. The second kappa shape index (κ2) is 5.25. The van der Waals surface area contributed by atoms with Crippen LogP contribution in [0, 0.1) is 11.3 Å². The van der Waals surface area contributed by atoms with E-state index in [9.17, 15) is 5.11 Å². The second-order valence-corrected chi connectivity index (χ2v) is 6.17. The summed E-state index contributed by atoms with van der Waals surface area (Å²) in [7, 11) is 0. The third-order valence-electron chi connectivity index (χ3n) is 5.27. The summed E-state index contributed by atoms with van der Waals surface area (Å²) in [4.78, 5) is 0. The molecular formula is C14H28N2O. The maximum atomic E-state index is 10.8. The van der Waals surface area contributed by atoms with Gasteiger partial charge in [-0.3, -0.25) is 0 Å². The molecule has 1 atom stereocenters. The molecule has 2 fully saturated rings. The maximum absolute atomic E-state index is 10.8. The smallest absolute Gasteiger partial charge is 0.0851 e. The summed E-state index contributed by atoms with van der Waals surface area (Å²) in [6, 6.07) is 0. The highest BCUT2D eigenvalue weighted by atomic mass is 16.3. The van der Waals surface area contributed by atoms with Crippen LogP contribution in [0.15, 0.2) is 0 Å². The van der Waals surface area contributed by atoms with Gasteiger partial charge in [-0.25, -0.2) is 0 Å². The molecule has 0 spiro atoms. The van der Waals surface area contributed by atoms with Crippen LogP contribution in [0.5, 0.6) is 0 Å². The van der Waals surface area contributed by atoms with E-state index in [0.717, 1.165) is 38.3 Å². The molecular weight excluding hydrogens is 212 g/mol. The summed E-state index contributed by atoms with van der Waals surface area (Å²) >= 11 is 0. The van der Waals surface area contributed by atoms with Gasteiger partial charge < -0.3 is 16.2 Å². The highest BCUT2D eigenvalue weighted by molar-refractivity contribution is 5.05. The summed E-state index contributed by atoms with van der Waals surface area (Å²) in [6.45, 7) is 4.59. The van der Waals surface area contributed by atoms with Crippen LogP contribution in [-0.2, 0) is 0 Å². The Morgan fingerprint density at radius 1 is 1.29 bits per heavy atom. The molecule has 1 aliphatic heterocycles. The Balaban J connectivity index is 2.02. The van der Waals surface area contributed by atoms with Gasteiger partial charge in [0.25, 0.3) is 0 Å². The zero-order valence-corrected chi connectivity index (χ0v) is 11.2. The van der Waals surface area contributed by atoms with Gasteiger partial charge in [0.1, 0.15) is 0 Å². The van der Waals surface area contributed by atoms with E-state index >= 15 is 0 Å². The van der Waals surface area contributed by atoms with Crippen LogP contribution in [-0.4, -0.2) is 30.3 Å². The van der Waals surface area contributed by atoms with Gasteiger partial charge in [-0.2, -0.15) is 0 Å². The van der Waals surface area contributed by atoms with E-state index in [0.29, 0.717) is 6.54 Å². The standard InChI is InChI=1S/C14H28N2O/c1-2-3-12-4-6-13(10-15,7-5-12)14(17)8-9-16-11-14/h12,16-17H,2-11,15H2,1H3. The highest BCUT2D eigenvalue weighted by Gasteiger charge is 2.51. The molecule has 1 unspecified atom stereocenters. The topological polar surface area (TPSA) is 58.3 Å². The van der Waals surface area contributed by atoms with E-state index in [1.54, 1.807) is 0 Å². The molecule has 1 heterocycles. The molecule has 100 valence electrons. The lowest BCUT2D eigenvalue weighted by Gasteiger charge is -2.48. The molecule has 17 heavy (non-hydrogen) atoms. The molecule has 1 saturated heterocycles. The second-order valence-electron chi connectivity index (χ2n) is 6.17. The van der Waals surface area contributed by atoms with E-state index < -0.39 is 5.60 Å². The van der Waals surface area contributed by atoms with Crippen molar-refractivity contribution in [3.05, 3.63) is 0 Å². The number of hydrogen-bond acceptors (Lipinski definition) is 3. The third kappa shape index (κ3) is 2.38. The minimum absolute atomic E-state index is 0.0132. The SMILES string of the molecule is CCCC1CCC(CN)(C2(O)CCNC2)CC1. The van der Waals surface area contributed by atoms with Gasteiger partial charge in [0, 0.05) is 18.5 Å². The van der Waals surface area contributed by atoms with Crippen LogP contribution in [0.25, 0.3) is 0 Å². The third-order valence-corrected chi connectivity index (χ3v) is 5.27. The Morgan fingerprint density at radius 3 is 2.47 bits per heavy atom. The zero-order valence-electron chi connectivity index (χ0n) is 11.2. The molecule has 2 aliphatic rings. The molecule has 1 saturated carbocycles. The number of β-amino-alcohol motifs (C(OH)–C–C–N with tert-alkyl or cyclic N) is 1. The fourth-order valence-corrected chi connectivity index (χ4v) is 3.92. The van der Waals surface area contributed by atoms with Crippen molar-refractivity contribution in [2.45, 2.75) is 57.5 Å². The van der Waals surface area contributed by atoms with Gasteiger partial charge in [0.2, 0.25) is 0 Å². The Labute approximate surface area is 105 Å². The predicted octanol–water partition coefficient (Wildman–Crippen LogP) is 1.65. The van der Waals surface area contributed by atoms with Crippen LogP contribution in [0.4, 0.5) is 0 Å². The number of hydrogen-bond donors (Lipinski definition) is 3. The minimum Gasteiger partial charge on any atom is -0.388 e. The molecule has 0 bridgehead atoms. The summed E-state index contributed by atoms with van der Waals surface area (Å²) in [5.74, 6) is 0.873. The lowest BCUT2D eigenvalue weighted by molar-refractivity contribution is -0.0905. The summed E-state index contributed by atoms with van der Waals surface area (Å²) in [5.41, 5.74) is 5.48. The predicted molar refractivity (Wildman–Crippen MR) is 70.8 cm³/mol. The van der Waals surface area contributed by atoms with Gasteiger partial charge in [0.05, 0.1) is 5.60 Å². The molecule has 0 aromatic carbocycles. The van der Waals surface area contributed by atoms with Crippen LogP contribution in [0.3, 0.4) is 0 Å². The highest BCUT2D eigenvalue weighted by Crippen LogP contribution is 2.48. The number of aliphatic hydroxyl groups is 1. The fraction of sp³-hybridized carbons (Fsp3) is 1.00. The van der Waals surface area contributed by atoms with Crippen LogP contribution in [0.1, 0.15) is 51.9 Å². The molecule has 0 aromatic heterocycles. The van der Waals surface area contributed by atoms with E-state index in [4.69, 9.17) is 5.73 Å². The largest absolute Gasteiger partial charge is 0.388 e. The van der Waals surface area contributed by atoms with Crippen molar-refractivity contribution in [2.75, 3.05) is 19.6 Å². The van der Waals surface area contributed by atoms with Gasteiger partial charge in [-0.15, -0.1) is 0 Å². The average molecular weight is 240 g/mol. The summed E-state index contributed by atoms with van der Waals surface area (Å²) < 4.78 is 0. The van der Waals surface area contributed by atoms with Crippen LogP contribution >= 0.6 is 0 Å². The molecule has 0 radical (unpaired) electrons. The van der Waals surface area contributed by atoms with Crippen molar-refractivity contribution < 1.29 is 5.11 Å². The first-order valence-corrected chi connectivity index (χ1v) is 7.29. The van der Waals surface area contributed by atoms with E-state index in [2.05, 4.69) is 12.2 Å². The van der Waals surface area contributed by atoms with E-state index in [-0.39, 0.29) is 5.41 Å². The van der Waals surface area contributed by atoms with Gasteiger partial charge in [0.15, 0.2) is 0 Å². The van der Waals surface area contributed by atoms with Crippen molar-refractivity contribution in [3.8, 4) is 0 Å².